The molecule has 0 radical (unpaired) electrons. The molecule has 19 heavy (non-hydrogen) atoms. The number of sulfonamides is 1. The van der Waals surface area contributed by atoms with E-state index in [1.165, 1.54) is 0 Å². The Morgan fingerprint density at radius 3 is 2.58 bits per heavy atom. The van der Waals surface area contributed by atoms with E-state index in [0.29, 0.717) is 36.1 Å². The summed E-state index contributed by atoms with van der Waals surface area (Å²) in [5.41, 5.74) is 0.596. The number of rotatable bonds is 4. The van der Waals surface area contributed by atoms with Crippen LogP contribution in [0.25, 0.3) is 0 Å². The third kappa shape index (κ3) is 2.56. The maximum atomic E-state index is 12.7. The third-order valence-electron chi connectivity index (χ3n) is 3.88. The molecule has 108 valence electrons. The van der Waals surface area contributed by atoms with Gasteiger partial charge >= 0.3 is 0 Å². The number of aryl methyl sites for hydroxylation is 2. The van der Waals surface area contributed by atoms with Crippen molar-refractivity contribution in [3.05, 3.63) is 17.1 Å². The minimum atomic E-state index is -3.48. The van der Waals surface area contributed by atoms with Gasteiger partial charge in [0.15, 0.2) is 0 Å². The lowest BCUT2D eigenvalue weighted by Crippen LogP contribution is -2.29. The zero-order valence-electron chi connectivity index (χ0n) is 11.6. The zero-order chi connectivity index (χ0) is 14.2. The lowest BCUT2D eigenvalue weighted by atomic mass is 10.1. The summed E-state index contributed by atoms with van der Waals surface area (Å²) in [4.78, 5) is 0.275. The molecule has 1 fully saturated rings. The molecule has 1 aromatic heterocycles. The summed E-state index contributed by atoms with van der Waals surface area (Å²) >= 11 is 5.88. The average Bonchev–Trinajstić information content (AvgIpc) is 2.93. The van der Waals surface area contributed by atoms with Crippen LogP contribution >= 0.6 is 11.6 Å². The van der Waals surface area contributed by atoms with Gasteiger partial charge in [0, 0.05) is 18.7 Å². The highest BCUT2D eigenvalue weighted by atomic mass is 35.5. The van der Waals surface area contributed by atoms with Gasteiger partial charge < -0.3 is 4.42 Å². The number of nitrogens with zero attached hydrogens (tertiary/aromatic N) is 1. The van der Waals surface area contributed by atoms with Gasteiger partial charge in [0.25, 0.3) is 0 Å². The van der Waals surface area contributed by atoms with Crippen LogP contribution in [0.2, 0.25) is 0 Å². The van der Waals surface area contributed by atoms with Crippen molar-refractivity contribution in [3.63, 3.8) is 0 Å². The minimum Gasteiger partial charge on any atom is -0.465 e. The first kappa shape index (κ1) is 14.9. The van der Waals surface area contributed by atoms with Crippen LogP contribution < -0.4 is 0 Å². The van der Waals surface area contributed by atoms with Crippen LogP contribution in [0.3, 0.4) is 0 Å². The summed E-state index contributed by atoms with van der Waals surface area (Å²) in [7, 11) is -3.48. The fourth-order valence-corrected chi connectivity index (χ4v) is 5.02. The fourth-order valence-electron chi connectivity index (χ4n) is 2.68. The first-order valence-electron chi connectivity index (χ1n) is 6.56. The van der Waals surface area contributed by atoms with Crippen molar-refractivity contribution in [2.75, 3.05) is 13.1 Å². The number of furan rings is 1. The molecule has 2 rings (SSSR count). The third-order valence-corrected chi connectivity index (χ3v) is 6.21. The molecule has 0 amide bonds. The number of hydrogen-bond acceptors (Lipinski definition) is 3. The van der Waals surface area contributed by atoms with Crippen molar-refractivity contribution in [1.29, 1.82) is 0 Å². The van der Waals surface area contributed by atoms with Gasteiger partial charge in [0.2, 0.25) is 10.0 Å². The van der Waals surface area contributed by atoms with Gasteiger partial charge in [-0.3, -0.25) is 0 Å². The summed E-state index contributed by atoms with van der Waals surface area (Å²) in [5.74, 6) is 1.65. The van der Waals surface area contributed by atoms with Crippen LogP contribution in [0.4, 0.5) is 0 Å². The minimum absolute atomic E-state index is 0.156. The van der Waals surface area contributed by atoms with Crippen LogP contribution in [0.15, 0.2) is 9.31 Å². The van der Waals surface area contributed by atoms with Gasteiger partial charge in [0.1, 0.15) is 16.4 Å². The van der Waals surface area contributed by atoms with Gasteiger partial charge in [-0.15, -0.1) is 11.6 Å². The van der Waals surface area contributed by atoms with E-state index in [4.69, 9.17) is 16.0 Å². The van der Waals surface area contributed by atoms with Crippen LogP contribution in [0.5, 0.6) is 0 Å². The highest BCUT2D eigenvalue weighted by molar-refractivity contribution is 7.89. The second kappa shape index (κ2) is 5.46. The molecule has 0 N–H and O–H groups in total. The van der Waals surface area contributed by atoms with Gasteiger partial charge in [0.05, 0.1) is 5.88 Å². The smallest absolute Gasteiger partial charge is 0.246 e. The fraction of sp³-hybridized carbons (Fsp3) is 0.692. The molecule has 0 aliphatic carbocycles. The maximum Gasteiger partial charge on any atom is 0.246 e. The quantitative estimate of drug-likeness (QED) is 0.803. The van der Waals surface area contributed by atoms with E-state index < -0.39 is 10.0 Å². The maximum absolute atomic E-state index is 12.7. The standard InChI is InChI=1S/C13H20ClNO3S/c1-4-11-5-6-15(8-11)19(16,17)13-10(3)18-9(2)12(13)7-14/h11H,4-8H2,1-3H3. The second-order valence-electron chi connectivity index (χ2n) is 5.08. The largest absolute Gasteiger partial charge is 0.465 e. The SMILES string of the molecule is CCC1CCN(S(=O)(=O)c2c(C)oc(C)c2CCl)C1. The molecule has 0 bridgehead atoms. The van der Waals surface area contributed by atoms with Crippen molar-refractivity contribution in [2.24, 2.45) is 5.92 Å². The predicted octanol–water partition coefficient (Wildman–Crippen LogP) is 3.06. The molecule has 1 saturated heterocycles. The Labute approximate surface area is 119 Å². The Balaban J connectivity index is 2.41. The number of alkyl halides is 1. The molecule has 2 heterocycles. The Hall–Kier alpha value is -0.520. The molecule has 1 aromatic rings. The topological polar surface area (TPSA) is 50.5 Å². The lowest BCUT2D eigenvalue weighted by Gasteiger charge is -2.16. The van der Waals surface area contributed by atoms with E-state index in [1.54, 1.807) is 18.2 Å². The van der Waals surface area contributed by atoms with Gasteiger partial charge in [-0.1, -0.05) is 13.3 Å². The first-order chi connectivity index (χ1) is 8.91. The summed E-state index contributed by atoms with van der Waals surface area (Å²) in [6.07, 6.45) is 1.94. The van der Waals surface area contributed by atoms with Gasteiger partial charge in [-0.05, 0) is 26.2 Å². The van der Waals surface area contributed by atoms with Crippen molar-refractivity contribution >= 4 is 21.6 Å². The van der Waals surface area contributed by atoms with Crippen molar-refractivity contribution < 1.29 is 12.8 Å². The van der Waals surface area contributed by atoms with Crippen LogP contribution in [-0.4, -0.2) is 25.8 Å². The monoisotopic (exact) mass is 305 g/mol. The molecule has 0 saturated carbocycles. The van der Waals surface area contributed by atoms with E-state index in [0.717, 1.165) is 12.8 Å². The summed E-state index contributed by atoms with van der Waals surface area (Å²) in [5, 5.41) is 0. The highest BCUT2D eigenvalue weighted by Crippen LogP contribution is 2.33. The molecule has 1 unspecified atom stereocenters. The van der Waals surface area contributed by atoms with Crippen LogP contribution in [-0.2, 0) is 15.9 Å². The van der Waals surface area contributed by atoms with E-state index in [-0.39, 0.29) is 10.8 Å². The van der Waals surface area contributed by atoms with E-state index in [1.807, 2.05) is 0 Å². The zero-order valence-corrected chi connectivity index (χ0v) is 13.1. The predicted molar refractivity (Wildman–Crippen MR) is 74.9 cm³/mol. The normalized spacial score (nSPS) is 21.2. The summed E-state index contributed by atoms with van der Waals surface area (Å²) in [6.45, 7) is 6.72. The van der Waals surface area contributed by atoms with Crippen molar-refractivity contribution in [2.45, 2.75) is 44.4 Å². The molecule has 0 aromatic carbocycles. The Bertz CT molecular complexity index is 565. The number of hydrogen-bond donors (Lipinski definition) is 0. The number of halogens is 1. The molecule has 1 atom stereocenters. The van der Waals surface area contributed by atoms with Gasteiger partial charge in [-0.2, -0.15) is 4.31 Å². The summed E-state index contributed by atoms with van der Waals surface area (Å²) in [6, 6.07) is 0. The Morgan fingerprint density at radius 1 is 1.37 bits per heavy atom. The van der Waals surface area contributed by atoms with Crippen molar-refractivity contribution in [3.8, 4) is 0 Å². The molecule has 0 spiro atoms. The van der Waals surface area contributed by atoms with E-state index in [9.17, 15) is 8.42 Å². The lowest BCUT2D eigenvalue weighted by molar-refractivity contribution is 0.448. The second-order valence-corrected chi connectivity index (χ2v) is 7.22. The van der Waals surface area contributed by atoms with E-state index >= 15 is 0 Å². The van der Waals surface area contributed by atoms with E-state index in [2.05, 4.69) is 6.92 Å². The van der Waals surface area contributed by atoms with Crippen LogP contribution in [0, 0.1) is 19.8 Å². The van der Waals surface area contributed by atoms with Crippen LogP contribution in [0.1, 0.15) is 36.8 Å². The molecular weight excluding hydrogens is 286 g/mol. The summed E-state index contributed by atoms with van der Waals surface area (Å²) < 4.78 is 32.4. The first-order valence-corrected chi connectivity index (χ1v) is 8.54. The Morgan fingerprint density at radius 2 is 2.05 bits per heavy atom. The Kier molecular flexibility index (Phi) is 4.28. The molecule has 1 aliphatic heterocycles. The van der Waals surface area contributed by atoms with Gasteiger partial charge in [-0.25, -0.2) is 8.42 Å². The molecule has 4 nitrogen and oxygen atoms in total. The molecular formula is C13H20ClNO3S. The average molecular weight is 306 g/mol. The van der Waals surface area contributed by atoms with Crippen molar-refractivity contribution in [1.82, 2.24) is 4.31 Å². The highest BCUT2D eigenvalue weighted by Gasteiger charge is 2.36. The molecule has 1 aliphatic rings. The molecule has 6 heteroatoms.